The van der Waals surface area contributed by atoms with Crippen molar-refractivity contribution in [2.24, 2.45) is 0 Å². The van der Waals surface area contributed by atoms with E-state index in [0.717, 1.165) is 13.1 Å². The molecular weight excluding hydrogens is 424 g/mol. The zero-order chi connectivity index (χ0) is 24.5. The quantitative estimate of drug-likeness (QED) is 0.240. The molecule has 0 atom stereocenters. The Morgan fingerprint density at radius 1 is 0.400 bits per heavy atom. The Labute approximate surface area is 211 Å². The fourth-order valence-corrected chi connectivity index (χ4v) is 4.69. The van der Waals surface area contributed by atoms with Gasteiger partial charge in [0.2, 0.25) is 0 Å². The third-order valence-corrected chi connectivity index (χ3v) is 5.99. The van der Waals surface area contributed by atoms with E-state index in [1.807, 2.05) is 27.7 Å². The Bertz CT molecular complexity index is 1250. The molecule has 0 N–H and O–H groups in total. The fourth-order valence-electron chi connectivity index (χ4n) is 4.69. The number of rotatable bonds is 2. The highest BCUT2D eigenvalue weighted by Gasteiger charge is 2.08. The van der Waals surface area contributed by atoms with Crippen LogP contribution in [0.4, 0.5) is 0 Å². The van der Waals surface area contributed by atoms with Gasteiger partial charge in [0.25, 0.3) is 0 Å². The molecule has 0 saturated heterocycles. The Hall–Kier alpha value is -3.52. The van der Waals surface area contributed by atoms with Crippen LogP contribution in [-0.4, -0.2) is 9.13 Å². The summed E-state index contributed by atoms with van der Waals surface area (Å²) in [6.07, 6.45) is 0. The standard InChI is InChI=1S/2C14H13N.2C2H6.CH4/c2*1-2-15-13-9-5-3-7-11(13)12-8-4-6-10-14(12)15;2*1-2;/h2*3-10H,2H2,1H3;2*1-2H3;1H4. The Morgan fingerprint density at radius 3 is 0.800 bits per heavy atom. The number of para-hydroxylation sites is 4. The van der Waals surface area contributed by atoms with Crippen LogP contribution >= 0.6 is 0 Å². The van der Waals surface area contributed by atoms with E-state index in [9.17, 15) is 0 Å². The average Bonchev–Trinajstić information content (AvgIpc) is 3.44. The van der Waals surface area contributed by atoms with E-state index in [1.54, 1.807) is 0 Å². The van der Waals surface area contributed by atoms with Crippen LogP contribution in [0.25, 0.3) is 43.6 Å². The first-order chi connectivity index (χ1) is 16.8. The Kier molecular flexibility index (Phi) is 10.6. The van der Waals surface area contributed by atoms with Crippen LogP contribution in [0.1, 0.15) is 49.0 Å². The summed E-state index contributed by atoms with van der Waals surface area (Å²) in [6, 6.07) is 34.4. The van der Waals surface area contributed by atoms with Crippen LogP contribution in [0, 0.1) is 0 Å². The zero-order valence-corrected chi connectivity index (χ0v) is 21.5. The summed E-state index contributed by atoms with van der Waals surface area (Å²) in [4.78, 5) is 0. The van der Waals surface area contributed by atoms with Gasteiger partial charge in [-0.1, -0.05) is 108 Å². The molecule has 0 radical (unpaired) electrons. The summed E-state index contributed by atoms with van der Waals surface area (Å²) in [6.45, 7) is 14.4. The molecule has 0 bridgehead atoms. The molecule has 0 aliphatic carbocycles. The van der Waals surface area contributed by atoms with E-state index < -0.39 is 0 Å². The van der Waals surface area contributed by atoms with Crippen molar-refractivity contribution in [2.75, 3.05) is 0 Å². The van der Waals surface area contributed by atoms with E-state index >= 15 is 0 Å². The predicted molar refractivity (Wildman–Crippen MR) is 160 cm³/mol. The van der Waals surface area contributed by atoms with Crippen molar-refractivity contribution in [1.82, 2.24) is 9.13 Å². The molecule has 6 rings (SSSR count). The van der Waals surface area contributed by atoms with E-state index in [4.69, 9.17) is 0 Å². The molecule has 0 fully saturated rings. The highest BCUT2D eigenvalue weighted by molar-refractivity contribution is 6.08. The van der Waals surface area contributed by atoms with Crippen molar-refractivity contribution in [1.29, 1.82) is 0 Å². The van der Waals surface area contributed by atoms with Gasteiger partial charge in [-0.05, 0) is 38.1 Å². The molecular formula is C33H42N2. The SMILES string of the molecule is C.CC.CC.CCn1c2ccccc2c2ccccc21.CCn1c2ccccc2c2ccccc21. The van der Waals surface area contributed by atoms with Gasteiger partial charge in [0, 0.05) is 56.7 Å². The van der Waals surface area contributed by atoms with Crippen molar-refractivity contribution < 1.29 is 0 Å². The smallest absolute Gasteiger partial charge is 0.0491 e. The van der Waals surface area contributed by atoms with Crippen LogP contribution in [0.2, 0.25) is 0 Å². The topological polar surface area (TPSA) is 9.86 Å². The molecule has 6 aromatic rings. The molecule has 2 aromatic heterocycles. The molecule has 0 aliphatic rings. The number of hydrogen-bond acceptors (Lipinski definition) is 0. The highest BCUT2D eigenvalue weighted by atomic mass is 15.0. The summed E-state index contributed by atoms with van der Waals surface area (Å²) in [5.74, 6) is 0. The van der Waals surface area contributed by atoms with Gasteiger partial charge in [-0.2, -0.15) is 0 Å². The fraction of sp³-hybridized carbons (Fsp3) is 0.273. The van der Waals surface area contributed by atoms with Crippen LogP contribution in [-0.2, 0) is 13.1 Å². The molecule has 2 heteroatoms. The Morgan fingerprint density at radius 2 is 0.600 bits per heavy atom. The summed E-state index contributed by atoms with van der Waals surface area (Å²) in [7, 11) is 0. The first-order valence-corrected chi connectivity index (χ1v) is 12.8. The molecule has 0 amide bonds. The van der Waals surface area contributed by atoms with Crippen molar-refractivity contribution in [3.8, 4) is 0 Å². The van der Waals surface area contributed by atoms with Crippen molar-refractivity contribution in [2.45, 2.75) is 62.1 Å². The maximum atomic E-state index is 2.37. The summed E-state index contributed by atoms with van der Waals surface area (Å²) < 4.78 is 4.73. The molecule has 4 aromatic carbocycles. The summed E-state index contributed by atoms with van der Waals surface area (Å²) >= 11 is 0. The van der Waals surface area contributed by atoms with Crippen LogP contribution < -0.4 is 0 Å². The van der Waals surface area contributed by atoms with Gasteiger partial charge in [0.05, 0.1) is 0 Å². The van der Waals surface area contributed by atoms with Crippen molar-refractivity contribution >= 4 is 43.6 Å². The molecule has 2 nitrogen and oxygen atoms in total. The van der Waals surface area contributed by atoms with Gasteiger partial charge in [0.15, 0.2) is 0 Å². The second kappa shape index (κ2) is 13.4. The maximum Gasteiger partial charge on any atom is 0.0491 e. The largest absolute Gasteiger partial charge is 0.341 e. The number of aryl methyl sites for hydroxylation is 2. The van der Waals surface area contributed by atoms with Crippen LogP contribution in [0.5, 0.6) is 0 Å². The lowest BCUT2D eigenvalue weighted by Gasteiger charge is -2.01. The average molecular weight is 467 g/mol. The Balaban J connectivity index is 0.000000211. The number of fused-ring (bicyclic) bond motifs is 6. The second-order valence-corrected chi connectivity index (χ2v) is 7.56. The third-order valence-electron chi connectivity index (χ3n) is 5.99. The number of benzene rings is 4. The molecule has 2 heterocycles. The van der Waals surface area contributed by atoms with Gasteiger partial charge in [-0.25, -0.2) is 0 Å². The molecule has 35 heavy (non-hydrogen) atoms. The lowest BCUT2D eigenvalue weighted by atomic mass is 10.2. The van der Waals surface area contributed by atoms with Crippen LogP contribution in [0.15, 0.2) is 97.1 Å². The van der Waals surface area contributed by atoms with Gasteiger partial charge in [0.1, 0.15) is 0 Å². The minimum atomic E-state index is 0. The van der Waals surface area contributed by atoms with E-state index in [0.29, 0.717) is 0 Å². The summed E-state index contributed by atoms with van der Waals surface area (Å²) in [5.41, 5.74) is 5.34. The summed E-state index contributed by atoms with van der Waals surface area (Å²) in [5, 5.41) is 5.43. The normalized spacial score (nSPS) is 10.0. The monoisotopic (exact) mass is 466 g/mol. The van der Waals surface area contributed by atoms with E-state index in [2.05, 4.69) is 120 Å². The minimum Gasteiger partial charge on any atom is -0.341 e. The van der Waals surface area contributed by atoms with Crippen LogP contribution in [0.3, 0.4) is 0 Å². The van der Waals surface area contributed by atoms with Gasteiger partial charge in [-0.15, -0.1) is 0 Å². The molecule has 0 spiro atoms. The third kappa shape index (κ3) is 5.27. The molecule has 0 aliphatic heterocycles. The first-order valence-electron chi connectivity index (χ1n) is 12.8. The minimum absolute atomic E-state index is 0. The number of hydrogen-bond donors (Lipinski definition) is 0. The molecule has 0 saturated carbocycles. The van der Waals surface area contributed by atoms with E-state index in [-0.39, 0.29) is 7.43 Å². The lowest BCUT2D eigenvalue weighted by molar-refractivity contribution is 0.827. The maximum absolute atomic E-state index is 2.37. The highest BCUT2D eigenvalue weighted by Crippen LogP contribution is 2.29. The lowest BCUT2D eigenvalue weighted by Crippen LogP contribution is -1.91. The molecule has 184 valence electrons. The van der Waals surface area contributed by atoms with E-state index in [1.165, 1.54) is 43.6 Å². The van der Waals surface area contributed by atoms with Gasteiger partial charge >= 0.3 is 0 Å². The van der Waals surface area contributed by atoms with Gasteiger partial charge in [-0.3, -0.25) is 0 Å². The number of nitrogens with zero attached hydrogens (tertiary/aromatic N) is 2. The van der Waals surface area contributed by atoms with Gasteiger partial charge < -0.3 is 9.13 Å². The second-order valence-electron chi connectivity index (χ2n) is 7.56. The van der Waals surface area contributed by atoms with Crippen molar-refractivity contribution in [3.63, 3.8) is 0 Å². The van der Waals surface area contributed by atoms with Crippen molar-refractivity contribution in [3.05, 3.63) is 97.1 Å². The first kappa shape index (κ1) is 27.7. The molecule has 0 unspecified atom stereocenters. The number of aromatic nitrogens is 2. The predicted octanol–water partition coefficient (Wildman–Crippen LogP) is 10.3. The zero-order valence-electron chi connectivity index (χ0n) is 21.5.